The summed E-state index contributed by atoms with van der Waals surface area (Å²) >= 11 is 3.27. The van der Waals surface area contributed by atoms with E-state index in [0.717, 1.165) is 10.9 Å². The lowest BCUT2D eigenvalue weighted by atomic mass is 9.80. The van der Waals surface area contributed by atoms with Crippen molar-refractivity contribution in [2.45, 2.75) is 33.1 Å². The van der Waals surface area contributed by atoms with Crippen molar-refractivity contribution >= 4 is 21.9 Å². The van der Waals surface area contributed by atoms with Crippen molar-refractivity contribution in [2.24, 2.45) is 5.41 Å². The Morgan fingerprint density at radius 1 is 1.53 bits per heavy atom. The average Bonchev–Trinajstić information content (AvgIpc) is 2.23. The van der Waals surface area contributed by atoms with Gasteiger partial charge in [-0.1, -0.05) is 29.3 Å². The van der Waals surface area contributed by atoms with E-state index in [4.69, 9.17) is 0 Å². The van der Waals surface area contributed by atoms with Gasteiger partial charge in [0.2, 0.25) is 0 Å². The maximum Gasteiger partial charge on any atom is 0.309 e. The van der Waals surface area contributed by atoms with Crippen molar-refractivity contribution in [3.63, 3.8) is 0 Å². The summed E-state index contributed by atoms with van der Waals surface area (Å²) in [4.78, 5) is 11.3. The van der Waals surface area contributed by atoms with Crippen LogP contribution in [0.2, 0.25) is 0 Å². The predicted octanol–water partition coefficient (Wildman–Crippen LogP) is 4.02. The highest BCUT2D eigenvalue weighted by Gasteiger charge is 2.33. The van der Waals surface area contributed by atoms with Gasteiger partial charge in [0.1, 0.15) is 5.82 Å². The number of benzene rings is 1. The zero-order valence-corrected chi connectivity index (χ0v) is 11.6. The van der Waals surface area contributed by atoms with Crippen molar-refractivity contribution in [3.8, 4) is 0 Å². The highest BCUT2D eigenvalue weighted by atomic mass is 79.9. The molecule has 0 aliphatic heterocycles. The van der Waals surface area contributed by atoms with Crippen molar-refractivity contribution in [1.82, 2.24) is 0 Å². The maximum absolute atomic E-state index is 13.6. The zero-order chi connectivity index (χ0) is 13.1. The third-order valence-electron chi connectivity index (χ3n) is 2.91. The molecule has 0 aromatic heterocycles. The Hall–Kier alpha value is -0.900. The van der Waals surface area contributed by atoms with Crippen LogP contribution in [0.4, 0.5) is 4.39 Å². The number of hydrogen-bond donors (Lipinski definition) is 1. The van der Waals surface area contributed by atoms with Crippen LogP contribution in [0.1, 0.15) is 32.3 Å². The molecule has 0 fully saturated rings. The van der Waals surface area contributed by atoms with E-state index < -0.39 is 11.4 Å². The minimum absolute atomic E-state index is 0.210. The van der Waals surface area contributed by atoms with Crippen molar-refractivity contribution in [2.75, 3.05) is 0 Å². The average molecular weight is 303 g/mol. The fourth-order valence-electron chi connectivity index (χ4n) is 1.92. The molecule has 0 amide bonds. The third-order valence-corrected chi connectivity index (χ3v) is 3.40. The van der Waals surface area contributed by atoms with Gasteiger partial charge < -0.3 is 5.11 Å². The smallest absolute Gasteiger partial charge is 0.309 e. The van der Waals surface area contributed by atoms with Crippen molar-refractivity contribution in [3.05, 3.63) is 34.1 Å². The van der Waals surface area contributed by atoms with E-state index >= 15 is 0 Å². The zero-order valence-electron chi connectivity index (χ0n) is 9.96. The van der Waals surface area contributed by atoms with Crippen LogP contribution in [0.3, 0.4) is 0 Å². The molecule has 1 atom stereocenters. The second kappa shape index (κ2) is 5.63. The number of carboxylic acid groups (broad SMARTS) is 1. The second-order valence-electron chi connectivity index (χ2n) is 4.53. The third kappa shape index (κ3) is 3.53. The molecule has 94 valence electrons. The molecule has 0 heterocycles. The molecule has 0 spiro atoms. The van der Waals surface area contributed by atoms with Crippen LogP contribution in [0.15, 0.2) is 22.7 Å². The van der Waals surface area contributed by atoms with Gasteiger partial charge in [0.25, 0.3) is 0 Å². The molecule has 1 unspecified atom stereocenters. The molecule has 0 aliphatic carbocycles. The number of halogens is 2. The molecule has 1 aromatic carbocycles. The number of carboxylic acids is 1. The molecule has 0 radical (unpaired) electrons. The van der Waals surface area contributed by atoms with E-state index in [1.165, 1.54) is 6.07 Å². The summed E-state index contributed by atoms with van der Waals surface area (Å²) in [6.45, 7) is 3.59. The van der Waals surface area contributed by atoms with Gasteiger partial charge in [-0.2, -0.15) is 0 Å². The fourth-order valence-corrected chi connectivity index (χ4v) is 2.33. The molecule has 17 heavy (non-hydrogen) atoms. The first-order valence-electron chi connectivity index (χ1n) is 5.56. The van der Waals surface area contributed by atoms with Crippen LogP contribution in [-0.4, -0.2) is 11.1 Å². The predicted molar refractivity (Wildman–Crippen MR) is 68.5 cm³/mol. The minimum Gasteiger partial charge on any atom is -0.481 e. The van der Waals surface area contributed by atoms with Crippen LogP contribution in [-0.2, 0) is 11.2 Å². The van der Waals surface area contributed by atoms with E-state index in [-0.39, 0.29) is 12.2 Å². The molecular formula is C13H16BrFO2. The van der Waals surface area contributed by atoms with Crippen molar-refractivity contribution < 1.29 is 14.3 Å². The SMILES string of the molecule is CCCC(C)(Cc1cc(Br)ccc1F)C(=O)O. The van der Waals surface area contributed by atoms with Crippen LogP contribution in [0.25, 0.3) is 0 Å². The van der Waals surface area contributed by atoms with Gasteiger partial charge in [0.05, 0.1) is 5.41 Å². The van der Waals surface area contributed by atoms with Gasteiger partial charge >= 0.3 is 5.97 Å². The number of aliphatic carboxylic acids is 1. The molecule has 1 N–H and O–H groups in total. The van der Waals surface area contributed by atoms with E-state index in [0.29, 0.717) is 12.0 Å². The molecule has 4 heteroatoms. The lowest BCUT2D eigenvalue weighted by Gasteiger charge is -2.24. The molecule has 0 bridgehead atoms. The highest BCUT2D eigenvalue weighted by molar-refractivity contribution is 9.10. The van der Waals surface area contributed by atoms with E-state index in [2.05, 4.69) is 15.9 Å². The number of rotatable bonds is 5. The normalized spacial score (nSPS) is 14.4. The van der Waals surface area contributed by atoms with Crippen LogP contribution in [0.5, 0.6) is 0 Å². The lowest BCUT2D eigenvalue weighted by Crippen LogP contribution is -2.30. The quantitative estimate of drug-likeness (QED) is 0.892. The molecule has 1 rings (SSSR count). The molecule has 0 saturated carbocycles. The Morgan fingerprint density at radius 2 is 2.18 bits per heavy atom. The van der Waals surface area contributed by atoms with Crippen LogP contribution >= 0.6 is 15.9 Å². The van der Waals surface area contributed by atoms with Gasteiger partial charge in [-0.05, 0) is 43.5 Å². The Balaban J connectivity index is 3.01. The summed E-state index contributed by atoms with van der Waals surface area (Å²) in [5.41, 5.74) is -0.464. The van der Waals surface area contributed by atoms with Gasteiger partial charge in [-0.25, -0.2) is 4.39 Å². The molecule has 1 aromatic rings. The Labute approximate surface area is 109 Å². The first-order valence-corrected chi connectivity index (χ1v) is 6.35. The monoisotopic (exact) mass is 302 g/mol. The number of hydrogen-bond acceptors (Lipinski definition) is 1. The minimum atomic E-state index is -0.906. The summed E-state index contributed by atoms with van der Waals surface area (Å²) in [6.07, 6.45) is 1.51. The van der Waals surface area contributed by atoms with E-state index in [1.807, 2.05) is 6.92 Å². The summed E-state index contributed by atoms with van der Waals surface area (Å²) in [5, 5.41) is 9.25. The first-order chi connectivity index (χ1) is 7.89. The largest absolute Gasteiger partial charge is 0.481 e. The van der Waals surface area contributed by atoms with Crippen molar-refractivity contribution in [1.29, 1.82) is 0 Å². The van der Waals surface area contributed by atoms with Gasteiger partial charge in [0, 0.05) is 4.47 Å². The van der Waals surface area contributed by atoms with Gasteiger partial charge in [-0.3, -0.25) is 4.79 Å². The van der Waals surface area contributed by atoms with Gasteiger partial charge in [-0.15, -0.1) is 0 Å². The summed E-state index contributed by atoms with van der Waals surface area (Å²) in [5.74, 6) is -1.23. The topological polar surface area (TPSA) is 37.3 Å². The van der Waals surface area contributed by atoms with Gasteiger partial charge in [0.15, 0.2) is 0 Å². The Morgan fingerprint density at radius 3 is 2.71 bits per heavy atom. The van der Waals surface area contributed by atoms with E-state index in [9.17, 15) is 14.3 Å². The maximum atomic E-state index is 13.6. The summed E-state index contributed by atoms with van der Waals surface area (Å²) < 4.78 is 14.4. The Kier molecular flexibility index (Phi) is 4.69. The molecule has 2 nitrogen and oxygen atoms in total. The van der Waals surface area contributed by atoms with Crippen LogP contribution in [0, 0.1) is 11.2 Å². The first kappa shape index (κ1) is 14.2. The molecule has 0 saturated heterocycles. The highest BCUT2D eigenvalue weighted by Crippen LogP contribution is 2.30. The lowest BCUT2D eigenvalue weighted by molar-refractivity contribution is -0.148. The molecular weight excluding hydrogens is 287 g/mol. The Bertz CT molecular complexity index is 420. The molecule has 0 aliphatic rings. The summed E-state index contributed by atoms with van der Waals surface area (Å²) in [6, 6.07) is 4.61. The number of carbonyl (C=O) groups is 1. The standard InChI is InChI=1S/C13H16BrFO2/c1-3-6-13(2,12(16)17)8-9-7-10(14)4-5-11(9)15/h4-5,7H,3,6,8H2,1-2H3,(H,16,17). The van der Waals surface area contributed by atoms with E-state index in [1.54, 1.807) is 19.1 Å². The summed E-state index contributed by atoms with van der Waals surface area (Å²) in [7, 11) is 0. The fraction of sp³-hybridized carbons (Fsp3) is 0.462. The second-order valence-corrected chi connectivity index (χ2v) is 5.44. The van der Waals surface area contributed by atoms with Crippen LogP contribution < -0.4 is 0 Å².